The van der Waals surface area contributed by atoms with E-state index in [1.807, 2.05) is 0 Å². The van der Waals surface area contributed by atoms with Gasteiger partial charge in [0.15, 0.2) is 0 Å². The van der Waals surface area contributed by atoms with Crippen molar-refractivity contribution in [2.75, 3.05) is 0 Å². The van der Waals surface area contributed by atoms with Crippen molar-refractivity contribution < 1.29 is 18.0 Å². The van der Waals surface area contributed by atoms with Crippen molar-refractivity contribution in [1.29, 1.82) is 0 Å². The highest BCUT2D eigenvalue weighted by atomic mass is 19.4. The molecule has 1 aliphatic rings. The van der Waals surface area contributed by atoms with E-state index >= 15 is 0 Å². The summed E-state index contributed by atoms with van der Waals surface area (Å²) in [4.78, 5) is 11.1. The minimum atomic E-state index is -4.24. The van der Waals surface area contributed by atoms with Gasteiger partial charge in [-0.2, -0.15) is 13.2 Å². The van der Waals surface area contributed by atoms with E-state index in [0.29, 0.717) is 5.92 Å². The minimum Gasteiger partial charge on any atom is -0.327 e. The van der Waals surface area contributed by atoms with Gasteiger partial charge in [-0.25, -0.2) is 0 Å². The quantitative estimate of drug-likeness (QED) is 0.752. The second kappa shape index (κ2) is 4.29. The zero-order valence-corrected chi connectivity index (χ0v) is 7.81. The summed E-state index contributed by atoms with van der Waals surface area (Å²) in [5.41, 5.74) is 5.62. The molecule has 82 valence electrons. The van der Waals surface area contributed by atoms with Gasteiger partial charge in [0.25, 0.3) is 0 Å². The largest absolute Gasteiger partial charge is 0.389 e. The lowest BCUT2D eigenvalue weighted by molar-refractivity contribution is -0.143. The molecule has 0 aromatic heterocycles. The lowest BCUT2D eigenvalue weighted by atomic mass is 10.0. The van der Waals surface area contributed by atoms with Crippen LogP contribution in [-0.4, -0.2) is 18.0 Å². The first-order valence-corrected chi connectivity index (χ1v) is 4.72. The molecule has 1 rings (SSSR count). The Morgan fingerprint density at radius 2 is 2.00 bits per heavy atom. The number of alkyl halides is 3. The summed E-state index contributed by atoms with van der Waals surface area (Å²) in [5.74, 6) is -0.00781. The molecule has 0 bridgehead atoms. The third kappa shape index (κ3) is 4.60. The number of hydrogen-bond donors (Lipinski definition) is 1. The van der Waals surface area contributed by atoms with E-state index in [-0.39, 0.29) is 18.2 Å². The van der Waals surface area contributed by atoms with Gasteiger partial charge in [-0.1, -0.05) is 0 Å². The molecular weight excluding hydrogens is 195 g/mol. The SMILES string of the molecule is NC(CC(=O)CCC(F)(F)F)C1CC1. The molecule has 1 atom stereocenters. The van der Waals surface area contributed by atoms with Crippen LogP contribution in [0.5, 0.6) is 0 Å². The first-order chi connectivity index (χ1) is 6.38. The van der Waals surface area contributed by atoms with Gasteiger partial charge in [0.1, 0.15) is 5.78 Å². The van der Waals surface area contributed by atoms with Gasteiger partial charge in [0.2, 0.25) is 0 Å². The van der Waals surface area contributed by atoms with Gasteiger partial charge in [0, 0.05) is 18.9 Å². The van der Waals surface area contributed by atoms with Crippen molar-refractivity contribution in [3.8, 4) is 0 Å². The smallest absolute Gasteiger partial charge is 0.327 e. The maximum atomic E-state index is 11.7. The molecule has 1 unspecified atom stereocenters. The van der Waals surface area contributed by atoms with Gasteiger partial charge in [0.05, 0.1) is 6.42 Å². The van der Waals surface area contributed by atoms with Gasteiger partial charge in [-0.15, -0.1) is 0 Å². The Balaban J connectivity index is 2.15. The van der Waals surface area contributed by atoms with Crippen LogP contribution in [-0.2, 0) is 4.79 Å². The maximum Gasteiger partial charge on any atom is 0.389 e. The molecule has 0 radical (unpaired) electrons. The Morgan fingerprint density at radius 3 is 2.43 bits per heavy atom. The van der Waals surface area contributed by atoms with Crippen LogP contribution in [0.1, 0.15) is 32.1 Å². The summed E-state index contributed by atoms with van der Waals surface area (Å²) >= 11 is 0. The summed E-state index contributed by atoms with van der Waals surface area (Å²) in [7, 11) is 0. The van der Waals surface area contributed by atoms with E-state index in [4.69, 9.17) is 5.73 Å². The molecule has 0 aliphatic heterocycles. The Labute approximate surface area is 80.7 Å². The van der Waals surface area contributed by atoms with Crippen LogP contribution < -0.4 is 5.73 Å². The van der Waals surface area contributed by atoms with Crippen LogP contribution in [0.25, 0.3) is 0 Å². The average molecular weight is 209 g/mol. The van der Waals surface area contributed by atoms with Crippen molar-refractivity contribution in [2.24, 2.45) is 11.7 Å². The second-order valence-corrected chi connectivity index (χ2v) is 3.86. The molecule has 0 heterocycles. The van der Waals surface area contributed by atoms with E-state index in [2.05, 4.69) is 0 Å². The van der Waals surface area contributed by atoms with Crippen LogP contribution >= 0.6 is 0 Å². The van der Waals surface area contributed by atoms with E-state index in [9.17, 15) is 18.0 Å². The molecule has 1 saturated carbocycles. The van der Waals surface area contributed by atoms with Crippen molar-refractivity contribution in [2.45, 2.75) is 44.3 Å². The molecule has 0 amide bonds. The number of carbonyl (C=O) groups is 1. The Morgan fingerprint density at radius 1 is 1.43 bits per heavy atom. The second-order valence-electron chi connectivity index (χ2n) is 3.86. The monoisotopic (exact) mass is 209 g/mol. The number of ketones is 1. The van der Waals surface area contributed by atoms with Crippen molar-refractivity contribution in [1.82, 2.24) is 0 Å². The molecular formula is C9H14F3NO. The number of Topliss-reactive ketones (excluding diaryl/α,β-unsaturated/α-hetero) is 1. The van der Waals surface area contributed by atoms with Gasteiger partial charge in [-0.05, 0) is 18.8 Å². The van der Waals surface area contributed by atoms with Crippen molar-refractivity contribution in [3.05, 3.63) is 0 Å². The topological polar surface area (TPSA) is 43.1 Å². The molecule has 0 aromatic carbocycles. The normalized spacial score (nSPS) is 19.4. The van der Waals surface area contributed by atoms with E-state index in [1.54, 1.807) is 0 Å². The molecule has 1 fully saturated rings. The van der Waals surface area contributed by atoms with E-state index < -0.39 is 19.0 Å². The molecule has 0 aromatic rings. The predicted octanol–water partition coefficient (Wildman–Crippen LogP) is 2.03. The highest BCUT2D eigenvalue weighted by Crippen LogP contribution is 2.33. The zero-order valence-electron chi connectivity index (χ0n) is 7.81. The summed E-state index contributed by atoms with van der Waals surface area (Å²) < 4.78 is 35.2. The molecule has 2 N–H and O–H groups in total. The first kappa shape index (κ1) is 11.5. The highest BCUT2D eigenvalue weighted by Gasteiger charge is 2.31. The molecule has 1 aliphatic carbocycles. The van der Waals surface area contributed by atoms with Crippen LogP contribution in [0.2, 0.25) is 0 Å². The first-order valence-electron chi connectivity index (χ1n) is 4.72. The Bertz CT molecular complexity index is 211. The fourth-order valence-corrected chi connectivity index (χ4v) is 1.34. The summed E-state index contributed by atoms with van der Waals surface area (Å²) in [6.45, 7) is 0. The zero-order chi connectivity index (χ0) is 10.8. The standard InChI is InChI=1S/C9H14F3NO/c10-9(11,12)4-3-7(14)5-8(13)6-1-2-6/h6,8H,1-5,13H2. The van der Waals surface area contributed by atoms with Gasteiger partial charge >= 0.3 is 6.18 Å². The van der Waals surface area contributed by atoms with E-state index in [0.717, 1.165) is 12.8 Å². The minimum absolute atomic E-state index is 0.0980. The number of rotatable bonds is 5. The molecule has 5 heteroatoms. The van der Waals surface area contributed by atoms with Crippen LogP contribution in [0.3, 0.4) is 0 Å². The predicted molar refractivity (Wildman–Crippen MR) is 45.6 cm³/mol. The summed E-state index contributed by atoms with van der Waals surface area (Å²) in [6.07, 6.45) is -3.57. The van der Waals surface area contributed by atoms with Gasteiger partial charge < -0.3 is 5.73 Å². The maximum absolute atomic E-state index is 11.7. The molecule has 0 spiro atoms. The lowest BCUT2D eigenvalue weighted by Gasteiger charge is -2.09. The van der Waals surface area contributed by atoms with Crippen LogP contribution in [0.15, 0.2) is 0 Å². The Hall–Kier alpha value is -0.580. The summed E-state index contributed by atoms with van der Waals surface area (Å²) in [5, 5.41) is 0. The Kier molecular flexibility index (Phi) is 3.53. The highest BCUT2D eigenvalue weighted by molar-refractivity contribution is 5.79. The van der Waals surface area contributed by atoms with Crippen molar-refractivity contribution >= 4 is 5.78 Å². The average Bonchev–Trinajstić information content (AvgIpc) is 2.81. The number of carbonyl (C=O) groups excluding carboxylic acids is 1. The van der Waals surface area contributed by atoms with Gasteiger partial charge in [-0.3, -0.25) is 4.79 Å². The molecule has 2 nitrogen and oxygen atoms in total. The van der Waals surface area contributed by atoms with Crippen LogP contribution in [0.4, 0.5) is 13.2 Å². The number of halogens is 3. The number of hydrogen-bond acceptors (Lipinski definition) is 2. The van der Waals surface area contributed by atoms with Crippen molar-refractivity contribution in [3.63, 3.8) is 0 Å². The third-order valence-electron chi connectivity index (χ3n) is 2.38. The molecule has 0 saturated heterocycles. The molecule has 14 heavy (non-hydrogen) atoms. The summed E-state index contributed by atoms with van der Waals surface area (Å²) in [6, 6.07) is -0.226. The van der Waals surface area contributed by atoms with Crippen LogP contribution in [0, 0.1) is 5.92 Å². The lowest BCUT2D eigenvalue weighted by Crippen LogP contribution is -2.26. The fraction of sp³-hybridized carbons (Fsp3) is 0.889. The fourth-order valence-electron chi connectivity index (χ4n) is 1.34. The number of nitrogens with two attached hydrogens (primary N) is 1. The third-order valence-corrected chi connectivity index (χ3v) is 2.38. The van der Waals surface area contributed by atoms with E-state index in [1.165, 1.54) is 0 Å².